The third-order valence-corrected chi connectivity index (χ3v) is 2.12. The van der Waals surface area contributed by atoms with Crippen LogP contribution in [0, 0.1) is 0 Å². The Kier molecular flexibility index (Phi) is 7.10. The summed E-state index contributed by atoms with van der Waals surface area (Å²) in [7, 11) is 1.81. The normalized spacial score (nSPS) is 11.1. The molecule has 0 amide bonds. The van der Waals surface area contributed by atoms with Gasteiger partial charge in [-0.2, -0.15) is 0 Å². The highest BCUT2D eigenvalue weighted by Gasteiger charge is 2.11. The van der Waals surface area contributed by atoms with Gasteiger partial charge < -0.3 is 10.1 Å². The lowest BCUT2D eigenvalue weighted by atomic mass is 10.0. The number of benzene rings is 1. The second-order valence-corrected chi connectivity index (χ2v) is 3.14. The molecule has 0 saturated heterocycles. The van der Waals surface area contributed by atoms with E-state index >= 15 is 0 Å². The van der Waals surface area contributed by atoms with Gasteiger partial charge in [-0.1, -0.05) is 30.3 Å². The zero-order chi connectivity index (χ0) is 11.7. The summed E-state index contributed by atoms with van der Waals surface area (Å²) in [6.45, 7) is 3.62. The molecule has 0 bridgehead atoms. The minimum atomic E-state index is -0.0533. The number of nitrogens with one attached hydrogen (secondary N) is 1. The minimum Gasteiger partial charge on any atom is -0.310 e. The van der Waals surface area contributed by atoms with Gasteiger partial charge in [-0.15, -0.1) is 0 Å². The van der Waals surface area contributed by atoms with E-state index in [-0.39, 0.29) is 11.8 Å². The first-order valence-corrected chi connectivity index (χ1v) is 4.74. The average molecular weight is 207 g/mol. The number of Topliss-reactive ketones (excluding diaryl/α,β-unsaturated/α-hetero) is 1. The molecule has 3 nitrogen and oxygen atoms in total. The quantitative estimate of drug-likeness (QED) is 0.807. The molecule has 0 aliphatic heterocycles. The highest BCUT2D eigenvalue weighted by atomic mass is 16.1. The van der Waals surface area contributed by atoms with E-state index in [2.05, 4.69) is 5.32 Å². The molecular formula is C12H17NO2. The van der Waals surface area contributed by atoms with Gasteiger partial charge in [0.25, 0.3) is 0 Å². The molecule has 0 spiro atoms. The fourth-order valence-electron chi connectivity index (χ4n) is 1.30. The van der Waals surface area contributed by atoms with Gasteiger partial charge in [0, 0.05) is 0 Å². The maximum absolute atomic E-state index is 11.1. The predicted molar refractivity (Wildman–Crippen MR) is 60.8 cm³/mol. The molecule has 0 saturated carbocycles. The van der Waals surface area contributed by atoms with Crippen LogP contribution in [0.3, 0.4) is 0 Å². The second kappa shape index (κ2) is 7.88. The van der Waals surface area contributed by atoms with E-state index in [1.165, 1.54) is 5.56 Å². The first kappa shape index (κ1) is 13.5. The summed E-state index contributed by atoms with van der Waals surface area (Å²) in [4.78, 5) is 19.1. The number of carbonyl (C=O) groups is 2. The molecule has 0 heterocycles. The van der Waals surface area contributed by atoms with E-state index < -0.39 is 0 Å². The van der Waals surface area contributed by atoms with E-state index in [4.69, 9.17) is 4.79 Å². The molecule has 82 valence electrons. The monoisotopic (exact) mass is 207 g/mol. The van der Waals surface area contributed by atoms with E-state index in [9.17, 15) is 4.79 Å². The largest absolute Gasteiger partial charge is 0.310 e. The molecule has 3 heteroatoms. The Morgan fingerprint density at radius 3 is 2.27 bits per heavy atom. The van der Waals surface area contributed by atoms with Gasteiger partial charge in [-0.05, 0) is 26.0 Å². The van der Waals surface area contributed by atoms with Crippen LogP contribution in [0.4, 0.5) is 0 Å². The van der Waals surface area contributed by atoms with Crippen LogP contribution in [-0.2, 0) is 16.0 Å². The van der Waals surface area contributed by atoms with Crippen molar-refractivity contribution in [3.63, 3.8) is 0 Å². The molecule has 0 radical (unpaired) electrons. The summed E-state index contributed by atoms with van der Waals surface area (Å²) < 4.78 is 0. The third-order valence-electron chi connectivity index (χ3n) is 2.12. The van der Waals surface area contributed by atoms with Gasteiger partial charge in [0.05, 0.1) is 6.04 Å². The Balaban J connectivity index is 0.000000921. The fraction of sp³-hybridized carbons (Fsp3) is 0.333. The SMILES string of the molecule is C=O.CNC(Cc1ccccc1)C(C)=O. The Labute approximate surface area is 90.5 Å². The van der Waals surface area contributed by atoms with Crippen molar-refractivity contribution >= 4 is 12.6 Å². The Morgan fingerprint density at radius 2 is 1.87 bits per heavy atom. The lowest BCUT2D eigenvalue weighted by Crippen LogP contribution is -2.34. The number of ketones is 1. The molecule has 1 atom stereocenters. The highest BCUT2D eigenvalue weighted by Crippen LogP contribution is 2.03. The lowest BCUT2D eigenvalue weighted by molar-refractivity contribution is -0.118. The van der Waals surface area contributed by atoms with Gasteiger partial charge in [0.1, 0.15) is 12.6 Å². The molecular weight excluding hydrogens is 190 g/mol. The van der Waals surface area contributed by atoms with Gasteiger partial charge >= 0.3 is 0 Å². The van der Waals surface area contributed by atoms with Crippen molar-refractivity contribution in [1.29, 1.82) is 0 Å². The van der Waals surface area contributed by atoms with E-state index in [0.29, 0.717) is 0 Å². The van der Waals surface area contributed by atoms with Crippen molar-refractivity contribution in [1.82, 2.24) is 5.32 Å². The molecule has 0 aromatic heterocycles. The van der Waals surface area contributed by atoms with Crippen molar-refractivity contribution < 1.29 is 9.59 Å². The van der Waals surface area contributed by atoms with Gasteiger partial charge in [0.15, 0.2) is 0 Å². The van der Waals surface area contributed by atoms with E-state index in [1.807, 2.05) is 44.2 Å². The first-order chi connectivity index (χ1) is 7.24. The van der Waals surface area contributed by atoms with Crippen LogP contribution in [0.25, 0.3) is 0 Å². The summed E-state index contributed by atoms with van der Waals surface area (Å²) >= 11 is 0. The molecule has 15 heavy (non-hydrogen) atoms. The van der Waals surface area contributed by atoms with Crippen molar-refractivity contribution in [2.75, 3.05) is 7.05 Å². The Hall–Kier alpha value is -1.48. The summed E-state index contributed by atoms with van der Waals surface area (Å²) in [6, 6.07) is 9.97. The van der Waals surface area contributed by atoms with Crippen LogP contribution >= 0.6 is 0 Å². The van der Waals surface area contributed by atoms with Gasteiger partial charge in [-0.25, -0.2) is 0 Å². The standard InChI is InChI=1S/C11H15NO.CH2O/c1-9(13)11(12-2)8-10-6-4-3-5-7-10;1-2/h3-7,11-12H,8H2,1-2H3;1H2. The number of rotatable bonds is 4. The van der Waals surface area contributed by atoms with Gasteiger partial charge in [-0.3, -0.25) is 4.79 Å². The molecule has 1 aromatic carbocycles. The average Bonchev–Trinajstić information content (AvgIpc) is 2.29. The molecule has 0 fully saturated rings. The summed E-state index contributed by atoms with van der Waals surface area (Å²) in [5, 5.41) is 3.00. The van der Waals surface area contributed by atoms with Crippen LogP contribution in [0.1, 0.15) is 12.5 Å². The lowest BCUT2D eigenvalue weighted by Gasteiger charge is -2.11. The van der Waals surface area contributed by atoms with Crippen molar-refractivity contribution in [3.8, 4) is 0 Å². The molecule has 1 N–H and O–H groups in total. The zero-order valence-corrected chi connectivity index (χ0v) is 9.19. The van der Waals surface area contributed by atoms with Crippen molar-refractivity contribution in [3.05, 3.63) is 35.9 Å². The Bertz CT molecular complexity index is 285. The van der Waals surface area contributed by atoms with Crippen LogP contribution in [-0.4, -0.2) is 25.7 Å². The second-order valence-electron chi connectivity index (χ2n) is 3.14. The van der Waals surface area contributed by atoms with Gasteiger partial charge in [0.2, 0.25) is 0 Å². The highest BCUT2D eigenvalue weighted by molar-refractivity contribution is 5.81. The summed E-state index contributed by atoms with van der Waals surface area (Å²) in [5.41, 5.74) is 1.19. The van der Waals surface area contributed by atoms with Crippen LogP contribution < -0.4 is 5.32 Å². The molecule has 0 aliphatic rings. The maximum Gasteiger partial charge on any atom is 0.147 e. The van der Waals surface area contributed by atoms with Crippen molar-refractivity contribution in [2.24, 2.45) is 0 Å². The zero-order valence-electron chi connectivity index (χ0n) is 9.19. The fourth-order valence-corrected chi connectivity index (χ4v) is 1.30. The molecule has 1 rings (SSSR count). The first-order valence-electron chi connectivity index (χ1n) is 4.74. The predicted octanol–water partition coefficient (Wildman–Crippen LogP) is 1.22. The van der Waals surface area contributed by atoms with Crippen molar-refractivity contribution in [2.45, 2.75) is 19.4 Å². The molecule has 0 aliphatic carbocycles. The third kappa shape index (κ3) is 5.08. The Morgan fingerprint density at radius 1 is 1.33 bits per heavy atom. The molecule has 1 unspecified atom stereocenters. The smallest absolute Gasteiger partial charge is 0.147 e. The topological polar surface area (TPSA) is 46.2 Å². The van der Waals surface area contributed by atoms with Crippen LogP contribution in [0.15, 0.2) is 30.3 Å². The number of hydrogen-bond acceptors (Lipinski definition) is 3. The molecule has 1 aromatic rings. The number of likely N-dealkylation sites (N-methyl/N-ethyl adjacent to an activating group) is 1. The van der Waals surface area contributed by atoms with Crippen LogP contribution in [0.2, 0.25) is 0 Å². The summed E-state index contributed by atoms with van der Waals surface area (Å²) in [5.74, 6) is 0.186. The van der Waals surface area contributed by atoms with E-state index in [0.717, 1.165) is 6.42 Å². The van der Waals surface area contributed by atoms with Crippen LogP contribution in [0.5, 0.6) is 0 Å². The number of carbonyl (C=O) groups excluding carboxylic acids is 2. The minimum absolute atomic E-state index is 0.0533. The van der Waals surface area contributed by atoms with E-state index in [1.54, 1.807) is 6.92 Å². The number of hydrogen-bond donors (Lipinski definition) is 1. The summed E-state index contributed by atoms with van der Waals surface area (Å²) in [6.07, 6.45) is 0.771. The maximum atomic E-state index is 11.1.